The van der Waals surface area contributed by atoms with Gasteiger partial charge in [0.25, 0.3) is 0 Å². The van der Waals surface area contributed by atoms with Gasteiger partial charge in [-0.3, -0.25) is 0 Å². The summed E-state index contributed by atoms with van der Waals surface area (Å²) in [7, 11) is 2.07. The molecule has 120 valence electrons. The van der Waals surface area contributed by atoms with Crippen LogP contribution in [0.25, 0.3) is 0 Å². The average Bonchev–Trinajstić information content (AvgIpc) is 2.42. The lowest BCUT2D eigenvalue weighted by molar-refractivity contribution is 0.313. The van der Waals surface area contributed by atoms with E-state index in [-0.39, 0.29) is 5.82 Å². The molecule has 0 aromatic heterocycles. The Morgan fingerprint density at radius 2 is 2.00 bits per heavy atom. The Balaban J connectivity index is 2.52. The lowest BCUT2D eigenvalue weighted by Gasteiger charge is -2.17. The van der Waals surface area contributed by atoms with E-state index < -0.39 is 0 Å². The monoisotopic (exact) mass is 294 g/mol. The van der Waals surface area contributed by atoms with E-state index >= 15 is 0 Å². The molecule has 1 rings (SSSR count). The Labute approximate surface area is 129 Å². The van der Waals surface area contributed by atoms with Crippen molar-refractivity contribution in [2.75, 3.05) is 20.1 Å². The van der Waals surface area contributed by atoms with Crippen LogP contribution in [0.4, 0.5) is 4.39 Å². The predicted molar refractivity (Wildman–Crippen MR) is 88.8 cm³/mol. The fourth-order valence-electron chi connectivity index (χ4n) is 2.37. The average molecular weight is 294 g/mol. The van der Waals surface area contributed by atoms with Gasteiger partial charge in [0, 0.05) is 18.7 Å². The van der Waals surface area contributed by atoms with Crippen LogP contribution in [0, 0.1) is 11.7 Å². The first-order valence-corrected chi connectivity index (χ1v) is 8.19. The van der Waals surface area contributed by atoms with Gasteiger partial charge in [-0.2, -0.15) is 0 Å². The second-order valence-electron chi connectivity index (χ2n) is 6.40. The van der Waals surface area contributed by atoms with Crippen molar-refractivity contribution < 1.29 is 4.39 Å². The highest BCUT2D eigenvalue weighted by Crippen LogP contribution is 2.13. The zero-order valence-electron chi connectivity index (χ0n) is 14.1. The molecule has 0 amide bonds. The van der Waals surface area contributed by atoms with Gasteiger partial charge in [-0.1, -0.05) is 45.7 Å². The summed E-state index contributed by atoms with van der Waals surface area (Å²) >= 11 is 0. The topological polar surface area (TPSA) is 15.3 Å². The number of rotatable bonds is 10. The third-order valence-electron chi connectivity index (χ3n) is 3.58. The highest BCUT2D eigenvalue weighted by Gasteiger charge is 2.07. The maximum atomic E-state index is 13.9. The lowest BCUT2D eigenvalue weighted by Crippen LogP contribution is -2.21. The third-order valence-corrected chi connectivity index (χ3v) is 3.58. The minimum absolute atomic E-state index is 0.0926. The molecule has 2 nitrogen and oxygen atoms in total. The standard InChI is InChI=1S/C18H31FN2/c1-5-6-7-10-21(4)14-17-11-16(8-9-18(17)19)13-20-12-15(2)3/h8-9,11,15,20H,5-7,10,12-14H2,1-4H3. The van der Waals surface area contributed by atoms with Gasteiger partial charge in [0.1, 0.15) is 5.82 Å². The normalized spacial score (nSPS) is 11.6. The molecular formula is C18H31FN2. The van der Waals surface area contributed by atoms with Crippen LogP contribution < -0.4 is 5.32 Å². The minimum atomic E-state index is -0.0926. The smallest absolute Gasteiger partial charge is 0.127 e. The summed E-state index contributed by atoms with van der Waals surface area (Å²) < 4.78 is 13.9. The van der Waals surface area contributed by atoms with Crippen molar-refractivity contribution in [3.05, 3.63) is 35.1 Å². The number of halogens is 1. The number of benzene rings is 1. The molecule has 0 unspecified atom stereocenters. The van der Waals surface area contributed by atoms with E-state index in [4.69, 9.17) is 0 Å². The molecule has 3 heteroatoms. The van der Waals surface area contributed by atoms with E-state index in [1.165, 1.54) is 19.3 Å². The zero-order valence-corrected chi connectivity index (χ0v) is 14.1. The molecule has 0 aliphatic carbocycles. The summed E-state index contributed by atoms with van der Waals surface area (Å²) in [4.78, 5) is 2.21. The Bertz CT molecular complexity index is 404. The molecule has 0 saturated carbocycles. The molecule has 0 radical (unpaired) electrons. The van der Waals surface area contributed by atoms with E-state index in [9.17, 15) is 4.39 Å². The van der Waals surface area contributed by atoms with Gasteiger partial charge >= 0.3 is 0 Å². The van der Waals surface area contributed by atoms with Crippen LogP contribution in [-0.4, -0.2) is 25.0 Å². The van der Waals surface area contributed by atoms with Crippen molar-refractivity contribution in [1.29, 1.82) is 0 Å². The second-order valence-corrected chi connectivity index (χ2v) is 6.40. The van der Waals surface area contributed by atoms with Crippen molar-refractivity contribution in [1.82, 2.24) is 10.2 Å². The first-order valence-electron chi connectivity index (χ1n) is 8.19. The molecule has 0 saturated heterocycles. The molecule has 0 aliphatic rings. The quantitative estimate of drug-likeness (QED) is 0.651. The van der Waals surface area contributed by atoms with Gasteiger partial charge in [-0.05, 0) is 44.1 Å². The molecule has 0 bridgehead atoms. The molecule has 1 N–H and O–H groups in total. The molecule has 0 spiro atoms. The molecule has 0 heterocycles. The largest absolute Gasteiger partial charge is 0.312 e. The summed E-state index contributed by atoms with van der Waals surface area (Å²) in [6.07, 6.45) is 3.65. The van der Waals surface area contributed by atoms with Gasteiger partial charge in [0.15, 0.2) is 0 Å². The van der Waals surface area contributed by atoms with E-state index in [0.717, 1.165) is 30.8 Å². The first-order chi connectivity index (χ1) is 10.0. The van der Waals surface area contributed by atoms with Crippen molar-refractivity contribution in [2.24, 2.45) is 5.92 Å². The van der Waals surface area contributed by atoms with Crippen molar-refractivity contribution in [3.8, 4) is 0 Å². The van der Waals surface area contributed by atoms with E-state index in [1.54, 1.807) is 6.07 Å². The maximum absolute atomic E-state index is 13.9. The van der Waals surface area contributed by atoms with Crippen molar-refractivity contribution >= 4 is 0 Å². The highest BCUT2D eigenvalue weighted by atomic mass is 19.1. The molecular weight excluding hydrogens is 263 g/mol. The number of nitrogens with zero attached hydrogens (tertiary/aromatic N) is 1. The second kappa shape index (κ2) is 9.91. The fraction of sp³-hybridized carbons (Fsp3) is 0.667. The molecule has 0 fully saturated rings. The van der Waals surface area contributed by atoms with Gasteiger partial charge in [-0.15, -0.1) is 0 Å². The maximum Gasteiger partial charge on any atom is 0.127 e. The van der Waals surface area contributed by atoms with Crippen LogP contribution in [0.2, 0.25) is 0 Å². The van der Waals surface area contributed by atoms with Crippen molar-refractivity contribution in [3.63, 3.8) is 0 Å². The van der Waals surface area contributed by atoms with Crippen LogP contribution in [0.1, 0.15) is 51.2 Å². The third kappa shape index (κ3) is 7.58. The predicted octanol–water partition coefficient (Wildman–Crippen LogP) is 4.19. The van der Waals surface area contributed by atoms with Gasteiger partial charge in [0.05, 0.1) is 0 Å². The van der Waals surface area contributed by atoms with E-state index in [0.29, 0.717) is 12.5 Å². The van der Waals surface area contributed by atoms with Crippen LogP contribution in [0.5, 0.6) is 0 Å². The Kier molecular flexibility index (Phi) is 8.55. The number of hydrogen-bond acceptors (Lipinski definition) is 2. The number of unbranched alkanes of at least 4 members (excludes halogenated alkanes) is 2. The zero-order chi connectivity index (χ0) is 15.7. The van der Waals surface area contributed by atoms with Crippen LogP contribution in [0.3, 0.4) is 0 Å². The van der Waals surface area contributed by atoms with Crippen LogP contribution in [-0.2, 0) is 13.1 Å². The van der Waals surface area contributed by atoms with Gasteiger partial charge in [0.2, 0.25) is 0 Å². The summed E-state index contributed by atoms with van der Waals surface area (Å²) in [6.45, 7) is 10.1. The van der Waals surface area contributed by atoms with E-state index in [2.05, 4.69) is 38.0 Å². The summed E-state index contributed by atoms with van der Waals surface area (Å²) in [5, 5.41) is 3.41. The molecule has 0 aliphatic heterocycles. The highest BCUT2D eigenvalue weighted by molar-refractivity contribution is 5.25. The lowest BCUT2D eigenvalue weighted by atomic mass is 10.1. The summed E-state index contributed by atoms with van der Waals surface area (Å²) in [5.41, 5.74) is 1.96. The van der Waals surface area contributed by atoms with Crippen molar-refractivity contribution in [2.45, 2.75) is 53.1 Å². The fourth-order valence-corrected chi connectivity index (χ4v) is 2.37. The van der Waals surface area contributed by atoms with Gasteiger partial charge in [-0.25, -0.2) is 4.39 Å². The van der Waals surface area contributed by atoms with Gasteiger partial charge < -0.3 is 10.2 Å². The Morgan fingerprint density at radius 3 is 2.67 bits per heavy atom. The summed E-state index contributed by atoms with van der Waals surface area (Å²) in [5.74, 6) is 0.541. The Hall–Kier alpha value is -0.930. The SMILES string of the molecule is CCCCCN(C)Cc1cc(CNCC(C)C)ccc1F. The minimum Gasteiger partial charge on any atom is -0.312 e. The Morgan fingerprint density at radius 1 is 1.24 bits per heavy atom. The molecule has 21 heavy (non-hydrogen) atoms. The molecule has 0 atom stereocenters. The first kappa shape index (κ1) is 18.1. The molecule has 1 aromatic carbocycles. The summed E-state index contributed by atoms with van der Waals surface area (Å²) in [6, 6.07) is 5.48. The number of hydrogen-bond donors (Lipinski definition) is 1. The molecule has 1 aromatic rings. The number of nitrogens with one attached hydrogen (secondary N) is 1. The van der Waals surface area contributed by atoms with E-state index in [1.807, 2.05) is 12.1 Å². The van der Waals surface area contributed by atoms with Crippen LogP contribution >= 0.6 is 0 Å². The van der Waals surface area contributed by atoms with Crippen LogP contribution in [0.15, 0.2) is 18.2 Å².